The minimum atomic E-state index is -0.568. The highest BCUT2D eigenvalue weighted by Gasteiger charge is 2.12. The fraction of sp³-hybridized carbons (Fsp3) is 0.0833. The summed E-state index contributed by atoms with van der Waals surface area (Å²) in [6.45, 7) is 1.22. The molecule has 5 nitrogen and oxygen atoms in total. The Labute approximate surface area is 96.5 Å². The second kappa shape index (κ2) is 4.10. The summed E-state index contributed by atoms with van der Waals surface area (Å²) in [5, 5.41) is 9.06. The van der Waals surface area contributed by atoms with E-state index >= 15 is 0 Å². The van der Waals surface area contributed by atoms with E-state index in [2.05, 4.69) is 0 Å². The monoisotopic (exact) mass is 228 g/mol. The first kappa shape index (κ1) is 10.9. The maximum atomic E-state index is 11.7. The summed E-state index contributed by atoms with van der Waals surface area (Å²) in [6, 6.07) is 8.07. The third-order valence-corrected chi connectivity index (χ3v) is 2.22. The van der Waals surface area contributed by atoms with Crippen molar-refractivity contribution in [3.8, 4) is 11.8 Å². The van der Waals surface area contributed by atoms with Crippen LogP contribution in [-0.2, 0) is 4.79 Å². The number of carbonyl (C=O) groups excluding carboxylic acids is 1. The second-order valence-corrected chi connectivity index (χ2v) is 3.38. The van der Waals surface area contributed by atoms with Gasteiger partial charge >= 0.3 is 5.97 Å². The molecule has 0 spiro atoms. The number of ether oxygens (including phenoxy) is 1. The molecule has 0 atom stereocenters. The van der Waals surface area contributed by atoms with Crippen LogP contribution in [0.25, 0.3) is 5.52 Å². The molecule has 0 aliphatic carbocycles. The minimum Gasteiger partial charge on any atom is -0.425 e. The fourth-order valence-corrected chi connectivity index (χ4v) is 1.57. The van der Waals surface area contributed by atoms with Gasteiger partial charge in [-0.3, -0.25) is 14.0 Å². The molecule has 0 bridgehead atoms. The van der Waals surface area contributed by atoms with Crippen molar-refractivity contribution < 1.29 is 9.53 Å². The maximum absolute atomic E-state index is 11.7. The molecule has 17 heavy (non-hydrogen) atoms. The van der Waals surface area contributed by atoms with Crippen LogP contribution in [0.4, 0.5) is 0 Å². The SMILES string of the molecule is CC(=O)Oc1cc(=O)n2ccccc2c1C#N. The lowest BCUT2D eigenvalue weighted by Crippen LogP contribution is -2.15. The molecule has 0 saturated heterocycles. The zero-order valence-electron chi connectivity index (χ0n) is 9.01. The van der Waals surface area contributed by atoms with Gasteiger partial charge in [-0.05, 0) is 12.1 Å². The quantitative estimate of drug-likeness (QED) is 0.685. The summed E-state index contributed by atoms with van der Waals surface area (Å²) in [7, 11) is 0. The molecule has 2 aromatic heterocycles. The van der Waals surface area contributed by atoms with E-state index in [9.17, 15) is 9.59 Å². The van der Waals surface area contributed by atoms with Crippen molar-refractivity contribution in [3.63, 3.8) is 0 Å². The summed E-state index contributed by atoms with van der Waals surface area (Å²) < 4.78 is 6.18. The zero-order valence-corrected chi connectivity index (χ0v) is 9.01. The number of pyridine rings is 2. The highest BCUT2D eigenvalue weighted by Crippen LogP contribution is 2.20. The first-order chi connectivity index (χ1) is 8.13. The lowest BCUT2D eigenvalue weighted by molar-refractivity contribution is -0.131. The van der Waals surface area contributed by atoms with Crippen LogP contribution >= 0.6 is 0 Å². The van der Waals surface area contributed by atoms with Gasteiger partial charge in [-0.25, -0.2) is 0 Å². The molecule has 5 heteroatoms. The van der Waals surface area contributed by atoms with E-state index in [0.717, 1.165) is 6.07 Å². The number of nitriles is 1. The molecular weight excluding hydrogens is 220 g/mol. The average molecular weight is 228 g/mol. The summed E-state index contributed by atoms with van der Waals surface area (Å²) >= 11 is 0. The number of hydrogen-bond donors (Lipinski definition) is 0. The molecule has 0 aliphatic heterocycles. The second-order valence-electron chi connectivity index (χ2n) is 3.38. The normalized spacial score (nSPS) is 9.88. The summed E-state index contributed by atoms with van der Waals surface area (Å²) in [6.07, 6.45) is 1.55. The van der Waals surface area contributed by atoms with Gasteiger partial charge in [-0.2, -0.15) is 5.26 Å². The molecule has 0 radical (unpaired) electrons. The maximum Gasteiger partial charge on any atom is 0.308 e. The number of hydrogen-bond acceptors (Lipinski definition) is 4. The Balaban J connectivity index is 2.84. The van der Waals surface area contributed by atoms with Crippen LogP contribution in [0.1, 0.15) is 12.5 Å². The molecule has 2 heterocycles. The first-order valence-electron chi connectivity index (χ1n) is 4.86. The van der Waals surface area contributed by atoms with Crippen molar-refractivity contribution >= 4 is 11.5 Å². The van der Waals surface area contributed by atoms with Crippen molar-refractivity contribution in [1.82, 2.24) is 4.40 Å². The van der Waals surface area contributed by atoms with Gasteiger partial charge in [0, 0.05) is 19.2 Å². The third kappa shape index (κ3) is 1.88. The van der Waals surface area contributed by atoms with Gasteiger partial charge in [0.05, 0.1) is 5.52 Å². The molecule has 0 unspecified atom stereocenters. The standard InChI is InChI=1S/C12H8N2O3/c1-8(15)17-11-6-12(16)14-5-3-2-4-10(14)9(11)7-13/h2-6H,1H3. The molecule has 0 aliphatic rings. The van der Waals surface area contributed by atoms with E-state index in [-0.39, 0.29) is 16.9 Å². The van der Waals surface area contributed by atoms with Crippen molar-refractivity contribution in [3.05, 3.63) is 46.4 Å². The Morgan fingerprint density at radius 1 is 1.47 bits per heavy atom. The zero-order chi connectivity index (χ0) is 12.4. The predicted molar refractivity (Wildman–Crippen MR) is 59.7 cm³/mol. The van der Waals surface area contributed by atoms with E-state index < -0.39 is 5.97 Å². The van der Waals surface area contributed by atoms with Crippen molar-refractivity contribution in [2.24, 2.45) is 0 Å². The molecule has 0 fully saturated rings. The van der Waals surface area contributed by atoms with Gasteiger partial charge in [-0.1, -0.05) is 6.07 Å². The molecular formula is C12H8N2O3. The van der Waals surface area contributed by atoms with Crippen LogP contribution in [0, 0.1) is 11.3 Å². The number of rotatable bonds is 1. The Morgan fingerprint density at radius 2 is 2.24 bits per heavy atom. The van der Waals surface area contributed by atoms with E-state index in [1.807, 2.05) is 6.07 Å². The van der Waals surface area contributed by atoms with Crippen molar-refractivity contribution in [2.75, 3.05) is 0 Å². The number of aromatic nitrogens is 1. The Hall–Kier alpha value is -2.61. The van der Waals surface area contributed by atoms with Gasteiger partial charge < -0.3 is 4.74 Å². The summed E-state index contributed by atoms with van der Waals surface area (Å²) in [5.41, 5.74) is 0.231. The molecule has 2 rings (SSSR count). The Morgan fingerprint density at radius 3 is 2.88 bits per heavy atom. The molecule has 0 N–H and O–H groups in total. The Bertz CT molecular complexity index is 695. The van der Waals surface area contributed by atoms with Gasteiger partial charge in [0.25, 0.3) is 5.56 Å². The molecule has 84 valence electrons. The summed E-state index contributed by atoms with van der Waals surface area (Å²) in [4.78, 5) is 22.6. The van der Waals surface area contributed by atoms with Crippen LogP contribution in [0.5, 0.6) is 5.75 Å². The largest absolute Gasteiger partial charge is 0.425 e. The molecule has 0 aromatic carbocycles. The van der Waals surface area contributed by atoms with Crippen LogP contribution in [0.15, 0.2) is 35.3 Å². The van der Waals surface area contributed by atoms with E-state index in [1.54, 1.807) is 24.4 Å². The van der Waals surface area contributed by atoms with Gasteiger partial charge in [-0.15, -0.1) is 0 Å². The van der Waals surface area contributed by atoms with Gasteiger partial charge in [0.15, 0.2) is 5.75 Å². The molecule has 0 saturated carbocycles. The van der Waals surface area contributed by atoms with Crippen molar-refractivity contribution in [1.29, 1.82) is 5.26 Å². The highest BCUT2D eigenvalue weighted by molar-refractivity contribution is 5.73. The Kier molecular flexibility index (Phi) is 2.63. The van der Waals surface area contributed by atoms with E-state index in [4.69, 9.17) is 10.00 Å². The van der Waals surface area contributed by atoms with E-state index in [0.29, 0.717) is 5.52 Å². The number of carbonyl (C=O) groups is 1. The number of fused-ring (bicyclic) bond motifs is 1. The average Bonchev–Trinajstić information content (AvgIpc) is 2.29. The minimum absolute atomic E-state index is 0.00352. The lowest BCUT2D eigenvalue weighted by atomic mass is 10.2. The smallest absolute Gasteiger partial charge is 0.308 e. The predicted octanol–water partition coefficient (Wildman–Crippen LogP) is 1.10. The highest BCUT2D eigenvalue weighted by atomic mass is 16.5. The number of nitrogens with zero attached hydrogens (tertiary/aromatic N) is 2. The molecule has 2 aromatic rings. The van der Waals surface area contributed by atoms with Crippen molar-refractivity contribution in [2.45, 2.75) is 6.92 Å². The fourth-order valence-electron chi connectivity index (χ4n) is 1.57. The molecule has 0 amide bonds. The van der Waals surface area contributed by atoms with Crippen LogP contribution in [0.2, 0.25) is 0 Å². The third-order valence-electron chi connectivity index (χ3n) is 2.22. The number of esters is 1. The van der Waals surface area contributed by atoms with Crippen LogP contribution < -0.4 is 10.3 Å². The van der Waals surface area contributed by atoms with Crippen LogP contribution in [-0.4, -0.2) is 10.4 Å². The first-order valence-corrected chi connectivity index (χ1v) is 4.86. The van der Waals surface area contributed by atoms with Gasteiger partial charge in [0.1, 0.15) is 11.6 Å². The topological polar surface area (TPSA) is 71.6 Å². The van der Waals surface area contributed by atoms with E-state index in [1.165, 1.54) is 11.3 Å². The van der Waals surface area contributed by atoms with Gasteiger partial charge in [0.2, 0.25) is 0 Å². The summed E-state index contributed by atoms with van der Waals surface area (Å²) in [5.74, 6) is -0.572. The lowest BCUT2D eigenvalue weighted by Gasteiger charge is -2.07. The van der Waals surface area contributed by atoms with Crippen LogP contribution in [0.3, 0.4) is 0 Å².